The lowest BCUT2D eigenvalue weighted by Crippen LogP contribution is -2.30. The fraction of sp³-hybridized carbons (Fsp3) is 0.211. The van der Waals surface area contributed by atoms with Crippen LogP contribution in [0.25, 0.3) is 0 Å². The summed E-state index contributed by atoms with van der Waals surface area (Å²) in [6.07, 6.45) is -1.16. The Morgan fingerprint density at radius 2 is 1.65 bits per heavy atom. The molecule has 1 amide bonds. The van der Waals surface area contributed by atoms with Crippen molar-refractivity contribution in [1.29, 1.82) is 0 Å². The van der Waals surface area contributed by atoms with Crippen molar-refractivity contribution in [2.75, 3.05) is 12.4 Å². The van der Waals surface area contributed by atoms with Gasteiger partial charge in [0.05, 0.1) is 18.2 Å². The van der Waals surface area contributed by atoms with Crippen LogP contribution in [0.5, 0.6) is 0 Å². The second-order valence-electron chi connectivity index (χ2n) is 5.54. The van der Waals surface area contributed by atoms with Crippen molar-refractivity contribution in [1.82, 2.24) is 0 Å². The fourth-order valence-electron chi connectivity index (χ4n) is 2.14. The maximum atomic E-state index is 13.5. The summed E-state index contributed by atoms with van der Waals surface area (Å²) in [5, 5.41) is 2.47. The van der Waals surface area contributed by atoms with Gasteiger partial charge in [-0.3, -0.25) is 4.79 Å². The predicted octanol–water partition coefficient (Wildman–Crippen LogP) is 3.10. The summed E-state index contributed by atoms with van der Waals surface area (Å²) in [7, 11) is 1.20. The highest BCUT2D eigenvalue weighted by Crippen LogP contribution is 2.16. The zero-order valence-corrected chi connectivity index (χ0v) is 14.5. The van der Waals surface area contributed by atoms with Gasteiger partial charge in [0.25, 0.3) is 5.91 Å². The minimum atomic E-state index is -1.16. The minimum Gasteiger partial charge on any atom is -0.465 e. The summed E-state index contributed by atoms with van der Waals surface area (Å²) in [4.78, 5) is 36.1. The van der Waals surface area contributed by atoms with Crippen LogP contribution >= 0.6 is 0 Å². The Labute approximate surface area is 149 Å². The van der Waals surface area contributed by atoms with Gasteiger partial charge in [0, 0.05) is 5.69 Å². The number of anilines is 1. The van der Waals surface area contributed by atoms with Crippen LogP contribution in [-0.2, 0) is 14.3 Å². The van der Waals surface area contributed by atoms with Crippen molar-refractivity contribution in [3.63, 3.8) is 0 Å². The lowest BCUT2D eigenvalue weighted by Gasteiger charge is -2.15. The third-order valence-electron chi connectivity index (χ3n) is 3.64. The molecule has 7 heteroatoms. The smallest absolute Gasteiger partial charge is 0.339 e. The molecule has 0 spiro atoms. The Balaban J connectivity index is 2.08. The average molecular weight is 359 g/mol. The molecule has 136 valence electrons. The molecule has 0 aliphatic heterocycles. The number of hydrogen-bond donors (Lipinski definition) is 1. The van der Waals surface area contributed by atoms with E-state index in [-0.39, 0.29) is 16.8 Å². The molecule has 2 rings (SSSR count). The van der Waals surface area contributed by atoms with Gasteiger partial charge in [-0.05, 0) is 43.7 Å². The van der Waals surface area contributed by atoms with E-state index in [0.29, 0.717) is 5.56 Å². The number of aryl methyl sites for hydroxylation is 1. The highest BCUT2D eigenvalue weighted by Gasteiger charge is 2.23. The molecule has 0 saturated heterocycles. The van der Waals surface area contributed by atoms with Gasteiger partial charge in [0.15, 0.2) is 6.10 Å². The van der Waals surface area contributed by atoms with Crippen LogP contribution in [0.4, 0.5) is 10.1 Å². The molecule has 0 aromatic heterocycles. The molecule has 0 aliphatic carbocycles. The molecule has 0 heterocycles. The largest absolute Gasteiger partial charge is 0.465 e. The number of esters is 2. The maximum absolute atomic E-state index is 13.5. The Kier molecular flexibility index (Phi) is 6.06. The van der Waals surface area contributed by atoms with Crippen LogP contribution in [0.15, 0.2) is 42.5 Å². The number of rotatable bonds is 5. The van der Waals surface area contributed by atoms with Gasteiger partial charge in [-0.15, -0.1) is 0 Å². The Morgan fingerprint density at radius 3 is 2.23 bits per heavy atom. The van der Waals surface area contributed by atoms with E-state index >= 15 is 0 Å². The lowest BCUT2D eigenvalue weighted by atomic mass is 10.1. The molecular formula is C19H18FNO5. The van der Waals surface area contributed by atoms with Gasteiger partial charge in [-0.1, -0.05) is 18.2 Å². The first-order valence-corrected chi connectivity index (χ1v) is 7.78. The number of benzene rings is 2. The number of carbonyl (C=O) groups is 3. The molecule has 1 unspecified atom stereocenters. The Morgan fingerprint density at radius 1 is 1.04 bits per heavy atom. The number of ether oxygens (including phenoxy) is 2. The zero-order valence-electron chi connectivity index (χ0n) is 14.5. The van der Waals surface area contributed by atoms with Gasteiger partial charge in [0.1, 0.15) is 5.82 Å². The molecule has 1 atom stereocenters. The summed E-state index contributed by atoms with van der Waals surface area (Å²) in [6.45, 7) is 2.97. The highest BCUT2D eigenvalue weighted by atomic mass is 19.1. The standard InChI is InChI=1S/C19H18FNO5/c1-11-8-9-13(10-16(11)20)21-17(22)12(2)26-19(24)15-7-5-4-6-14(15)18(23)25-3/h4-10,12H,1-3H3,(H,21,22). The van der Waals surface area contributed by atoms with Crippen molar-refractivity contribution in [2.24, 2.45) is 0 Å². The number of nitrogens with one attached hydrogen (secondary N) is 1. The van der Waals surface area contributed by atoms with Crippen LogP contribution in [0.2, 0.25) is 0 Å². The SMILES string of the molecule is COC(=O)c1ccccc1C(=O)OC(C)C(=O)Nc1ccc(C)c(F)c1. The third kappa shape index (κ3) is 4.44. The summed E-state index contributed by atoms with van der Waals surface area (Å²) < 4.78 is 23.3. The van der Waals surface area contributed by atoms with Crippen LogP contribution < -0.4 is 5.32 Å². The molecule has 6 nitrogen and oxygen atoms in total. The average Bonchev–Trinajstić information content (AvgIpc) is 2.63. The number of amides is 1. The normalized spacial score (nSPS) is 11.4. The van der Waals surface area contributed by atoms with E-state index in [4.69, 9.17) is 4.74 Å². The summed E-state index contributed by atoms with van der Waals surface area (Å²) in [5.41, 5.74) is 0.714. The van der Waals surface area contributed by atoms with Crippen LogP contribution in [-0.4, -0.2) is 31.1 Å². The van der Waals surface area contributed by atoms with Crippen LogP contribution in [0.1, 0.15) is 33.2 Å². The first kappa shape index (κ1) is 19.1. The van der Waals surface area contributed by atoms with Gasteiger partial charge in [-0.25, -0.2) is 14.0 Å². The molecule has 26 heavy (non-hydrogen) atoms. The van der Waals surface area contributed by atoms with Crippen LogP contribution in [0.3, 0.4) is 0 Å². The van der Waals surface area contributed by atoms with Crippen molar-refractivity contribution in [3.05, 3.63) is 65.0 Å². The van der Waals surface area contributed by atoms with E-state index in [1.807, 2.05) is 0 Å². The Bertz CT molecular complexity index is 850. The third-order valence-corrected chi connectivity index (χ3v) is 3.64. The highest BCUT2D eigenvalue weighted by molar-refractivity contribution is 6.04. The zero-order chi connectivity index (χ0) is 19.3. The molecule has 1 N–H and O–H groups in total. The predicted molar refractivity (Wildman–Crippen MR) is 92.4 cm³/mol. The minimum absolute atomic E-state index is 0.0135. The van der Waals surface area contributed by atoms with E-state index in [1.165, 1.54) is 44.4 Å². The summed E-state index contributed by atoms with van der Waals surface area (Å²) in [6, 6.07) is 10.2. The number of hydrogen-bond acceptors (Lipinski definition) is 5. The number of halogens is 1. The fourth-order valence-corrected chi connectivity index (χ4v) is 2.14. The molecule has 0 aliphatic rings. The molecule has 0 bridgehead atoms. The van der Waals surface area contributed by atoms with Gasteiger partial charge >= 0.3 is 11.9 Å². The van der Waals surface area contributed by atoms with Crippen molar-refractivity contribution in [2.45, 2.75) is 20.0 Å². The van der Waals surface area contributed by atoms with Crippen molar-refractivity contribution >= 4 is 23.5 Å². The molecular weight excluding hydrogens is 341 g/mol. The first-order valence-electron chi connectivity index (χ1n) is 7.78. The molecule has 2 aromatic rings. The van der Waals surface area contributed by atoms with Crippen LogP contribution in [0, 0.1) is 12.7 Å². The molecule has 0 radical (unpaired) electrons. The van der Waals surface area contributed by atoms with Gasteiger partial charge in [0.2, 0.25) is 0 Å². The van der Waals surface area contributed by atoms with E-state index in [9.17, 15) is 18.8 Å². The van der Waals surface area contributed by atoms with Crippen molar-refractivity contribution in [3.8, 4) is 0 Å². The van der Waals surface area contributed by atoms with Gasteiger partial charge < -0.3 is 14.8 Å². The van der Waals surface area contributed by atoms with E-state index in [1.54, 1.807) is 19.1 Å². The molecule has 0 saturated carbocycles. The molecule has 2 aromatic carbocycles. The molecule has 0 fully saturated rings. The monoisotopic (exact) mass is 359 g/mol. The van der Waals surface area contributed by atoms with Crippen molar-refractivity contribution < 1.29 is 28.2 Å². The second-order valence-corrected chi connectivity index (χ2v) is 5.54. The van der Waals surface area contributed by atoms with E-state index in [0.717, 1.165) is 0 Å². The van der Waals surface area contributed by atoms with Gasteiger partial charge in [-0.2, -0.15) is 0 Å². The quantitative estimate of drug-likeness (QED) is 0.830. The first-order chi connectivity index (χ1) is 12.3. The summed E-state index contributed by atoms with van der Waals surface area (Å²) >= 11 is 0. The summed E-state index contributed by atoms with van der Waals surface area (Å²) in [5.74, 6) is -2.62. The number of carbonyl (C=O) groups excluding carboxylic acids is 3. The topological polar surface area (TPSA) is 81.7 Å². The lowest BCUT2D eigenvalue weighted by molar-refractivity contribution is -0.123. The van der Waals surface area contributed by atoms with E-state index in [2.05, 4.69) is 10.1 Å². The Hall–Kier alpha value is -3.22. The second kappa shape index (κ2) is 8.24. The maximum Gasteiger partial charge on any atom is 0.339 e. The number of methoxy groups -OCH3 is 1. The van der Waals surface area contributed by atoms with E-state index < -0.39 is 29.8 Å².